The third-order valence-electron chi connectivity index (χ3n) is 5.52. The molecular formula is C23H44N2O. The van der Waals surface area contributed by atoms with Gasteiger partial charge in [-0.05, 0) is 25.7 Å². The van der Waals surface area contributed by atoms with Crippen LogP contribution >= 0.6 is 0 Å². The fraction of sp³-hybridized carbons (Fsp3) is 0.870. The van der Waals surface area contributed by atoms with E-state index in [9.17, 15) is 0 Å². The van der Waals surface area contributed by atoms with Gasteiger partial charge in [0.05, 0.1) is 6.61 Å². The summed E-state index contributed by atoms with van der Waals surface area (Å²) in [6.45, 7) is 5.70. The van der Waals surface area contributed by atoms with Gasteiger partial charge in [0.15, 0.2) is 0 Å². The Bertz CT molecular complexity index is 343. The second kappa shape index (κ2) is 17.7. The highest BCUT2D eigenvalue weighted by Crippen LogP contribution is 2.17. The van der Waals surface area contributed by atoms with Gasteiger partial charge in [0, 0.05) is 19.3 Å². The zero-order valence-electron chi connectivity index (χ0n) is 17.2. The zero-order chi connectivity index (χ0) is 18.7. The van der Waals surface area contributed by atoms with Crippen molar-refractivity contribution in [3.8, 4) is 0 Å². The Morgan fingerprint density at radius 2 is 1.35 bits per heavy atom. The Kier molecular flexibility index (Phi) is 15.9. The Morgan fingerprint density at radius 3 is 1.85 bits per heavy atom. The molecule has 1 aliphatic rings. The van der Waals surface area contributed by atoms with Crippen LogP contribution in [0.4, 0.5) is 0 Å². The van der Waals surface area contributed by atoms with Crippen LogP contribution in [0.25, 0.3) is 0 Å². The summed E-state index contributed by atoms with van der Waals surface area (Å²) in [7, 11) is 0. The quantitative estimate of drug-likeness (QED) is 0.221. The molecule has 1 aliphatic heterocycles. The van der Waals surface area contributed by atoms with Crippen LogP contribution in [0.5, 0.6) is 0 Å². The molecule has 0 aromatic rings. The van der Waals surface area contributed by atoms with E-state index in [1.54, 1.807) is 0 Å². The van der Waals surface area contributed by atoms with Crippen LogP contribution in [-0.4, -0.2) is 42.1 Å². The molecule has 1 N–H and O–H groups in total. The normalized spacial score (nSPS) is 17.2. The van der Waals surface area contributed by atoms with Crippen LogP contribution in [0, 0.1) is 0 Å². The fourth-order valence-electron chi connectivity index (χ4n) is 3.85. The van der Waals surface area contributed by atoms with Crippen molar-refractivity contribution >= 4 is 6.21 Å². The van der Waals surface area contributed by atoms with Crippen molar-refractivity contribution in [2.45, 2.75) is 109 Å². The molecule has 0 radical (unpaired) electrons. The Morgan fingerprint density at radius 1 is 0.846 bits per heavy atom. The molecular weight excluding hydrogens is 320 g/mol. The average molecular weight is 365 g/mol. The van der Waals surface area contributed by atoms with Gasteiger partial charge in [0.2, 0.25) is 0 Å². The van der Waals surface area contributed by atoms with E-state index in [1.165, 1.54) is 96.3 Å². The van der Waals surface area contributed by atoms with Crippen molar-refractivity contribution in [3.63, 3.8) is 0 Å². The molecule has 1 atom stereocenters. The standard InChI is InChI=1S/C23H44N2O/c1-2-3-4-5-6-7-8-9-10-11-12-13-14-15-16-17-18-23-24-19-20-25(23)21-22-26/h2,19,23,26H,1,3-18,20-22H2. The van der Waals surface area contributed by atoms with Crippen LogP contribution in [-0.2, 0) is 0 Å². The molecule has 0 spiro atoms. The number of hydrogen-bond donors (Lipinski definition) is 1. The van der Waals surface area contributed by atoms with Gasteiger partial charge in [-0.3, -0.25) is 9.89 Å². The summed E-state index contributed by atoms with van der Waals surface area (Å²) in [5.41, 5.74) is 0. The smallest absolute Gasteiger partial charge is 0.102 e. The third-order valence-corrected chi connectivity index (χ3v) is 5.52. The molecule has 0 saturated carbocycles. The van der Waals surface area contributed by atoms with Gasteiger partial charge in [-0.15, -0.1) is 6.58 Å². The number of unbranched alkanes of at least 4 members (excludes halogenated alkanes) is 14. The maximum Gasteiger partial charge on any atom is 0.102 e. The zero-order valence-corrected chi connectivity index (χ0v) is 17.2. The van der Waals surface area contributed by atoms with Crippen LogP contribution in [0.2, 0.25) is 0 Å². The van der Waals surface area contributed by atoms with Crippen LogP contribution in [0.1, 0.15) is 103 Å². The summed E-state index contributed by atoms with van der Waals surface area (Å²) in [5.74, 6) is 0. The lowest BCUT2D eigenvalue weighted by molar-refractivity contribution is 0.176. The van der Waals surface area contributed by atoms with Gasteiger partial charge >= 0.3 is 0 Å². The van der Waals surface area contributed by atoms with E-state index in [4.69, 9.17) is 5.11 Å². The molecule has 0 aliphatic carbocycles. The largest absolute Gasteiger partial charge is 0.395 e. The Balaban J connectivity index is 1.74. The van der Waals surface area contributed by atoms with E-state index >= 15 is 0 Å². The highest BCUT2D eigenvalue weighted by molar-refractivity contribution is 5.62. The van der Waals surface area contributed by atoms with Crippen LogP contribution in [0.15, 0.2) is 17.6 Å². The van der Waals surface area contributed by atoms with Crippen molar-refractivity contribution in [2.75, 3.05) is 19.7 Å². The number of allylic oxidation sites excluding steroid dienone is 1. The van der Waals surface area contributed by atoms with Gasteiger partial charge in [0.25, 0.3) is 0 Å². The summed E-state index contributed by atoms with van der Waals surface area (Å²) in [4.78, 5) is 6.81. The second-order valence-electron chi connectivity index (χ2n) is 7.85. The monoisotopic (exact) mass is 364 g/mol. The molecule has 26 heavy (non-hydrogen) atoms. The minimum absolute atomic E-state index is 0.246. The Hall–Kier alpha value is -0.670. The summed E-state index contributed by atoms with van der Waals surface area (Å²) >= 11 is 0. The number of nitrogens with zero attached hydrogens (tertiary/aromatic N) is 2. The van der Waals surface area contributed by atoms with Gasteiger partial charge in [-0.2, -0.15) is 0 Å². The molecule has 0 aromatic heterocycles. The molecule has 0 amide bonds. The number of aliphatic imine (C=N–C) groups is 1. The molecule has 0 bridgehead atoms. The highest BCUT2D eigenvalue weighted by Gasteiger charge is 2.19. The van der Waals surface area contributed by atoms with Gasteiger partial charge in [-0.1, -0.05) is 83.1 Å². The minimum Gasteiger partial charge on any atom is -0.395 e. The summed E-state index contributed by atoms with van der Waals surface area (Å²) in [6.07, 6.45) is 26.3. The van der Waals surface area contributed by atoms with E-state index in [0.29, 0.717) is 6.17 Å². The number of aliphatic hydroxyl groups is 1. The average Bonchev–Trinajstić information content (AvgIpc) is 3.09. The highest BCUT2D eigenvalue weighted by atomic mass is 16.3. The summed E-state index contributed by atoms with van der Waals surface area (Å²) in [6, 6.07) is 0. The lowest BCUT2D eigenvalue weighted by atomic mass is 10.0. The summed E-state index contributed by atoms with van der Waals surface area (Å²) in [5, 5.41) is 9.06. The van der Waals surface area contributed by atoms with Crippen LogP contribution < -0.4 is 0 Å². The van der Waals surface area contributed by atoms with Crippen molar-refractivity contribution < 1.29 is 5.11 Å². The van der Waals surface area contributed by atoms with Crippen molar-refractivity contribution in [1.29, 1.82) is 0 Å². The van der Waals surface area contributed by atoms with Crippen molar-refractivity contribution in [1.82, 2.24) is 4.90 Å². The van der Waals surface area contributed by atoms with E-state index in [-0.39, 0.29) is 6.61 Å². The molecule has 1 unspecified atom stereocenters. The van der Waals surface area contributed by atoms with E-state index in [0.717, 1.165) is 19.5 Å². The van der Waals surface area contributed by atoms with Crippen LogP contribution in [0.3, 0.4) is 0 Å². The lowest BCUT2D eigenvalue weighted by Gasteiger charge is -2.21. The van der Waals surface area contributed by atoms with E-state index in [1.807, 2.05) is 12.3 Å². The van der Waals surface area contributed by atoms with E-state index in [2.05, 4.69) is 16.5 Å². The first-order valence-electron chi connectivity index (χ1n) is 11.4. The maximum atomic E-state index is 9.06. The third kappa shape index (κ3) is 12.6. The molecule has 3 nitrogen and oxygen atoms in total. The molecule has 1 heterocycles. The molecule has 3 heteroatoms. The second-order valence-corrected chi connectivity index (χ2v) is 7.85. The van der Waals surface area contributed by atoms with Crippen molar-refractivity contribution in [3.05, 3.63) is 12.7 Å². The molecule has 0 aromatic carbocycles. The first-order chi connectivity index (χ1) is 12.9. The number of β-amino-alcohol motifs (C(OH)–C–C–N with tert-alkyl or cyclic N) is 1. The first-order valence-corrected chi connectivity index (χ1v) is 11.4. The summed E-state index contributed by atoms with van der Waals surface area (Å²) < 4.78 is 0. The number of rotatable bonds is 19. The molecule has 0 saturated heterocycles. The predicted molar refractivity (Wildman–Crippen MR) is 115 cm³/mol. The predicted octanol–water partition coefficient (Wildman–Crippen LogP) is 6.12. The Labute approximate surface area is 163 Å². The van der Waals surface area contributed by atoms with E-state index < -0.39 is 0 Å². The van der Waals surface area contributed by atoms with Gasteiger partial charge in [0.1, 0.15) is 6.17 Å². The number of aliphatic hydroxyl groups excluding tert-OH is 1. The molecule has 152 valence electrons. The lowest BCUT2D eigenvalue weighted by Crippen LogP contribution is -2.32. The first kappa shape index (κ1) is 23.4. The maximum absolute atomic E-state index is 9.06. The minimum atomic E-state index is 0.246. The fourth-order valence-corrected chi connectivity index (χ4v) is 3.85. The number of hydrogen-bond acceptors (Lipinski definition) is 3. The molecule has 0 fully saturated rings. The molecule has 1 rings (SSSR count). The van der Waals surface area contributed by atoms with Crippen molar-refractivity contribution in [2.24, 2.45) is 4.99 Å². The van der Waals surface area contributed by atoms with Gasteiger partial charge in [-0.25, -0.2) is 0 Å². The SMILES string of the molecule is C=CCCCCCCCCCCCCCCCCC1N=CCN1CCO. The topological polar surface area (TPSA) is 35.8 Å². The van der Waals surface area contributed by atoms with Gasteiger partial charge < -0.3 is 5.11 Å².